The van der Waals surface area contributed by atoms with Crippen molar-refractivity contribution in [3.05, 3.63) is 113 Å². The molecule has 0 fully saturated rings. The molecule has 12 heteroatoms. The summed E-state index contributed by atoms with van der Waals surface area (Å²) >= 11 is 3.53. The van der Waals surface area contributed by atoms with Crippen LogP contribution in [0.25, 0.3) is 21.8 Å². The molecular weight excluding hydrogens is 633 g/mol. The van der Waals surface area contributed by atoms with Crippen LogP contribution in [-0.4, -0.2) is 37.3 Å². The van der Waals surface area contributed by atoms with E-state index < -0.39 is 22.4 Å². The number of ketones is 2. The number of carbonyl (C=O) groups is 2. The molecule has 0 saturated heterocycles. The van der Waals surface area contributed by atoms with Gasteiger partial charge in [0.1, 0.15) is 5.71 Å². The first kappa shape index (κ1) is 31.5. The van der Waals surface area contributed by atoms with Crippen molar-refractivity contribution in [3.8, 4) is 0 Å². The average Bonchev–Trinajstić information content (AvgIpc) is 3.34. The molecule has 1 atom stereocenters. The van der Waals surface area contributed by atoms with Crippen LogP contribution in [0.15, 0.2) is 101 Å². The Kier molecular flexibility index (Phi) is 9.57. The minimum Gasteiger partial charge on any atom is -0.341 e. The number of thioether (sulfide) groups is 1. The second-order valence-electron chi connectivity index (χ2n) is 9.58. The highest BCUT2D eigenvalue weighted by atomic mass is 35.5. The molecule has 0 radical (unpaired) electrons. The van der Waals surface area contributed by atoms with E-state index >= 15 is 0 Å². The SMILES string of the molecule is CCn1c2ccc(C(=O)/C(CCSc3ccc(Cl)cc3)=N/OS(=O)C(F)(F)F)cc2c2cc(C(=O)c3ccccc3)ccc21. The first-order valence-corrected chi connectivity index (χ1v) is 15.8. The number of oxime groups is 1. The van der Waals surface area contributed by atoms with E-state index in [0.29, 0.717) is 28.1 Å². The highest BCUT2D eigenvalue weighted by molar-refractivity contribution is 7.99. The lowest BCUT2D eigenvalue weighted by atomic mass is 9.99. The van der Waals surface area contributed by atoms with E-state index in [0.717, 1.165) is 21.3 Å². The number of carbonyl (C=O) groups excluding carboxylic acids is 2. The molecule has 0 N–H and O–H groups in total. The molecule has 6 nitrogen and oxygen atoms in total. The van der Waals surface area contributed by atoms with Crippen LogP contribution in [-0.2, 0) is 21.9 Å². The quantitative estimate of drug-likeness (QED) is 0.0616. The summed E-state index contributed by atoms with van der Waals surface area (Å²) in [6.45, 7) is 2.59. The van der Waals surface area contributed by atoms with Crippen molar-refractivity contribution in [3.63, 3.8) is 0 Å². The standard InChI is InChI=1S/C32H24ClF3N2O4S2/c1-2-38-28-14-8-21(30(39)20-6-4-3-5-7-20)18-25(28)26-19-22(9-15-29(26)38)31(40)27(37-42-44(41)32(34,35)36)16-17-43-24-12-10-23(33)11-13-24/h3-15,18-19H,2,16-17H2,1H3/b37-27+. The van der Waals surface area contributed by atoms with Gasteiger partial charge in [-0.25, -0.2) is 4.21 Å². The van der Waals surface area contributed by atoms with E-state index in [2.05, 4.69) is 9.44 Å². The predicted octanol–water partition coefficient (Wildman–Crippen LogP) is 8.62. The van der Waals surface area contributed by atoms with Crippen LogP contribution in [0.5, 0.6) is 0 Å². The number of alkyl halides is 3. The second kappa shape index (κ2) is 13.4. The zero-order valence-corrected chi connectivity index (χ0v) is 25.5. The molecule has 0 amide bonds. The number of benzene rings is 4. The molecule has 0 bridgehead atoms. The van der Waals surface area contributed by atoms with Gasteiger partial charge in [0, 0.05) is 67.1 Å². The summed E-state index contributed by atoms with van der Waals surface area (Å²) in [5.74, 6) is -0.549. The number of hydrogen-bond acceptors (Lipinski definition) is 6. The maximum absolute atomic E-state index is 13.6. The fraction of sp³-hybridized carbons (Fsp3) is 0.156. The van der Waals surface area contributed by atoms with Crippen molar-refractivity contribution in [1.29, 1.82) is 0 Å². The lowest BCUT2D eigenvalue weighted by molar-refractivity contribution is -0.0471. The molecule has 0 aliphatic carbocycles. The van der Waals surface area contributed by atoms with Crippen molar-refractivity contribution in [2.45, 2.75) is 30.3 Å². The van der Waals surface area contributed by atoms with Crippen molar-refractivity contribution < 1.29 is 31.3 Å². The lowest BCUT2D eigenvalue weighted by Crippen LogP contribution is -2.20. The summed E-state index contributed by atoms with van der Waals surface area (Å²) in [6.07, 6.45) is -0.0638. The van der Waals surface area contributed by atoms with Gasteiger partial charge >= 0.3 is 16.6 Å². The highest BCUT2D eigenvalue weighted by Crippen LogP contribution is 2.32. The highest BCUT2D eigenvalue weighted by Gasteiger charge is 2.40. The van der Waals surface area contributed by atoms with Crippen LogP contribution in [0.2, 0.25) is 5.02 Å². The fourth-order valence-corrected chi connectivity index (χ4v) is 6.00. The van der Waals surface area contributed by atoms with E-state index in [1.807, 2.05) is 23.6 Å². The molecule has 4 aromatic carbocycles. The molecule has 0 aliphatic heterocycles. The number of Topliss-reactive ketones (excluding diaryl/α,β-unsaturated/α-hetero) is 1. The Morgan fingerprint density at radius 1 is 0.886 bits per heavy atom. The molecule has 5 aromatic rings. The number of aromatic nitrogens is 1. The molecule has 1 aromatic heterocycles. The van der Waals surface area contributed by atoms with Gasteiger partial charge in [0.05, 0.1) is 0 Å². The van der Waals surface area contributed by atoms with Gasteiger partial charge < -0.3 is 4.57 Å². The molecule has 44 heavy (non-hydrogen) atoms. The Balaban J connectivity index is 1.50. The Bertz CT molecular complexity index is 1910. The fourth-order valence-electron chi connectivity index (χ4n) is 4.77. The summed E-state index contributed by atoms with van der Waals surface area (Å²) < 4.78 is 56.4. The summed E-state index contributed by atoms with van der Waals surface area (Å²) in [5.41, 5.74) is -2.64. The normalized spacial score (nSPS) is 12.9. The Morgan fingerprint density at radius 2 is 1.50 bits per heavy atom. The average molecular weight is 657 g/mol. The van der Waals surface area contributed by atoms with Crippen LogP contribution in [0.3, 0.4) is 0 Å². The summed E-state index contributed by atoms with van der Waals surface area (Å²) in [4.78, 5) is 27.6. The topological polar surface area (TPSA) is 77.7 Å². The molecule has 226 valence electrons. The van der Waals surface area contributed by atoms with Crippen LogP contribution in [0, 0.1) is 0 Å². The Labute approximate surface area is 262 Å². The van der Waals surface area contributed by atoms with E-state index in [1.54, 1.807) is 78.9 Å². The zero-order chi connectivity index (χ0) is 31.4. The molecule has 0 spiro atoms. The van der Waals surface area contributed by atoms with E-state index in [-0.39, 0.29) is 29.2 Å². The summed E-state index contributed by atoms with van der Waals surface area (Å²) in [5, 5.41) is 5.38. The smallest absolute Gasteiger partial charge is 0.341 e. The molecule has 0 aliphatic rings. The third-order valence-electron chi connectivity index (χ3n) is 6.83. The number of hydrogen-bond donors (Lipinski definition) is 0. The number of nitrogens with zero attached hydrogens (tertiary/aromatic N) is 2. The molecular formula is C32H24ClF3N2O4S2. The van der Waals surface area contributed by atoms with Crippen LogP contribution in [0.4, 0.5) is 13.2 Å². The second-order valence-corrected chi connectivity index (χ2v) is 12.3. The minimum atomic E-state index is -5.16. The van der Waals surface area contributed by atoms with Crippen molar-refractivity contribution >= 4 is 73.5 Å². The van der Waals surface area contributed by atoms with Gasteiger partial charge in [-0.15, -0.1) is 11.8 Å². The first-order valence-electron chi connectivity index (χ1n) is 13.4. The van der Waals surface area contributed by atoms with Gasteiger partial charge in [-0.1, -0.05) is 47.1 Å². The monoisotopic (exact) mass is 656 g/mol. The van der Waals surface area contributed by atoms with Crippen LogP contribution < -0.4 is 0 Å². The third kappa shape index (κ3) is 6.90. The maximum Gasteiger partial charge on any atom is 0.510 e. The molecule has 5 rings (SSSR count). The van der Waals surface area contributed by atoms with Gasteiger partial charge in [0.2, 0.25) is 5.78 Å². The Morgan fingerprint density at radius 3 is 2.11 bits per heavy atom. The van der Waals surface area contributed by atoms with Gasteiger partial charge in [0.25, 0.3) is 0 Å². The van der Waals surface area contributed by atoms with E-state index in [1.165, 1.54) is 11.8 Å². The van der Waals surface area contributed by atoms with Crippen LogP contribution in [0.1, 0.15) is 39.6 Å². The predicted molar refractivity (Wildman–Crippen MR) is 169 cm³/mol. The molecule has 1 unspecified atom stereocenters. The van der Waals surface area contributed by atoms with Gasteiger partial charge in [-0.2, -0.15) is 13.2 Å². The third-order valence-corrected chi connectivity index (χ3v) is 8.68. The van der Waals surface area contributed by atoms with E-state index in [9.17, 15) is 27.0 Å². The van der Waals surface area contributed by atoms with Crippen molar-refractivity contribution in [1.82, 2.24) is 4.57 Å². The van der Waals surface area contributed by atoms with Gasteiger partial charge in [0.15, 0.2) is 5.78 Å². The molecule has 1 heterocycles. The molecule has 0 saturated carbocycles. The maximum atomic E-state index is 13.6. The minimum absolute atomic E-state index is 0.0638. The van der Waals surface area contributed by atoms with E-state index in [4.69, 9.17) is 11.6 Å². The number of aryl methyl sites for hydroxylation is 1. The number of rotatable bonds is 11. The lowest BCUT2D eigenvalue weighted by Gasteiger charge is -2.08. The van der Waals surface area contributed by atoms with Gasteiger partial charge in [-0.3, -0.25) is 13.9 Å². The Hall–Kier alpha value is -3.93. The summed E-state index contributed by atoms with van der Waals surface area (Å²) in [6, 6.07) is 26.1. The van der Waals surface area contributed by atoms with Crippen LogP contribution >= 0.6 is 23.4 Å². The summed E-state index contributed by atoms with van der Waals surface area (Å²) in [7, 11) is 0. The number of halogens is 4. The number of fused-ring (bicyclic) bond motifs is 3. The van der Waals surface area contributed by atoms with Gasteiger partial charge in [-0.05, 0) is 67.6 Å². The largest absolute Gasteiger partial charge is 0.510 e. The van der Waals surface area contributed by atoms with Crippen molar-refractivity contribution in [2.24, 2.45) is 5.16 Å². The van der Waals surface area contributed by atoms with Crippen molar-refractivity contribution in [2.75, 3.05) is 5.75 Å². The first-order chi connectivity index (χ1) is 21.1. The zero-order valence-electron chi connectivity index (χ0n) is 23.1.